The summed E-state index contributed by atoms with van der Waals surface area (Å²) in [4.78, 5) is 10.2. The van der Waals surface area contributed by atoms with Gasteiger partial charge in [-0.05, 0) is 28.3 Å². The molecule has 0 unspecified atom stereocenters. The van der Waals surface area contributed by atoms with Gasteiger partial charge in [0.05, 0.1) is 31.6 Å². The number of benzene rings is 2. The number of rotatable bonds is 6. The molecule has 0 fully saturated rings. The van der Waals surface area contributed by atoms with Crippen molar-refractivity contribution in [2.45, 2.75) is 77.8 Å². The molecule has 2 aromatic carbocycles. The first-order valence-corrected chi connectivity index (χ1v) is 21.5. The van der Waals surface area contributed by atoms with E-state index >= 15 is 0 Å². The first-order chi connectivity index (χ1) is 19.9. The highest BCUT2D eigenvalue weighted by atomic mass is 79.9. The van der Waals surface area contributed by atoms with Gasteiger partial charge >= 0.3 is 0 Å². The molecule has 0 atom stereocenters. The molecule has 3 heterocycles. The molecule has 0 saturated carbocycles. The number of hydrogen-bond acceptors (Lipinski definition) is 4. The summed E-state index contributed by atoms with van der Waals surface area (Å²) in [5.41, 5.74) is 5.92. The average Bonchev–Trinajstić information content (AvgIpc) is 3.51. The second-order valence-corrected chi connectivity index (χ2v) is 25.7. The lowest BCUT2D eigenvalue weighted by molar-refractivity contribution is 0.398. The summed E-state index contributed by atoms with van der Waals surface area (Å²) < 4.78 is 17.9. The van der Waals surface area contributed by atoms with Crippen LogP contribution in [-0.2, 0) is 0 Å². The maximum Gasteiger partial charge on any atom is 0.241 e. The van der Waals surface area contributed by atoms with Crippen LogP contribution in [0.15, 0.2) is 59.5 Å². The van der Waals surface area contributed by atoms with Crippen molar-refractivity contribution < 1.29 is 9.47 Å². The smallest absolute Gasteiger partial charge is 0.241 e. The molecule has 228 valence electrons. The van der Waals surface area contributed by atoms with Gasteiger partial charge in [0, 0.05) is 44.3 Å². The number of nitrogens with zero attached hydrogens (tertiary/aromatic N) is 4. The van der Waals surface area contributed by atoms with Crippen LogP contribution in [0.2, 0.25) is 36.3 Å². The highest BCUT2D eigenvalue weighted by Gasteiger charge is 2.40. The molecule has 0 amide bonds. The Morgan fingerprint density at radius 1 is 0.767 bits per heavy atom. The van der Waals surface area contributed by atoms with Crippen molar-refractivity contribution in [3.8, 4) is 34.1 Å². The molecule has 3 aromatic heterocycles. The minimum absolute atomic E-state index is 0.123. The third kappa shape index (κ3) is 5.07. The molecule has 0 bridgehead atoms. The average molecular weight is 678 g/mol. The maximum atomic E-state index is 5.98. The van der Waals surface area contributed by atoms with Crippen molar-refractivity contribution >= 4 is 54.2 Å². The van der Waals surface area contributed by atoms with E-state index in [9.17, 15) is 0 Å². The van der Waals surface area contributed by atoms with Gasteiger partial charge in [0.25, 0.3) is 0 Å². The topological polar surface area (TPSA) is 54.1 Å². The summed E-state index contributed by atoms with van der Waals surface area (Å²) in [6.45, 7) is 23.7. The summed E-state index contributed by atoms with van der Waals surface area (Å²) >= 11 is 3.71. The third-order valence-electron chi connectivity index (χ3n) is 10.1. The lowest BCUT2D eigenvalue weighted by atomic mass is 10.1. The van der Waals surface area contributed by atoms with E-state index in [1.165, 1.54) is 5.52 Å². The maximum absolute atomic E-state index is 5.98. The molecule has 0 saturated heterocycles. The Kier molecular flexibility index (Phi) is 7.80. The summed E-state index contributed by atoms with van der Waals surface area (Å²) in [7, 11) is -0.521. The molecule has 0 radical (unpaired) electrons. The Bertz CT molecular complexity index is 1840. The molecular formula is C34H45BrN4O2Si2. The van der Waals surface area contributed by atoms with E-state index in [4.69, 9.17) is 19.4 Å². The van der Waals surface area contributed by atoms with Crippen LogP contribution in [0.4, 0.5) is 0 Å². The van der Waals surface area contributed by atoms with Gasteiger partial charge in [0.2, 0.25) is 5.88 Å². The summed E-state index contributed by atoms with van der Waals surface area (Å²) in [5.74, 6) is 1.39. The van der Waals surface area contributed by atoms with E-state index < -0.39 is 16.5 Å². The van der Waals surface area contributed by atoms with Gasteiger partial charge < -0.3 is 17.9 Å². The predicted molar refractivity (Wildman–Crippen MR) is 190 cm³/mol. The summed E-state index contributed by atoms with van der Waals surface area (Å²) in [6.07, 6.45) is 6.43. The summed E-state index contributed by atoms with van der Waals surface area (Å²) in [6, 6.07) is 12.7. The van der Waals surface area contributed by atoms with Crippen LogP contribution in [0.5, 0.6) is 11.6 Å². The van der Waals surface area contributed by atoms with Crippen molar-refractivity contribution in [1.29, 1.82) is 0 Å². The minimum atomic E-state index is -2.00. The third-order valence-corrected chi connectivity index (χ3v) is 21.1. The molecular weight excluding hydrogens is 632 g/mol. The second kappa shape index (κ2) is 10.6. The number of fused-ring (bicyclic) bond motifs is 2. The fourth-order valence-electron chi connectivity index (χ4n) is 5.46. The highest BCUT2D eigenvalue weighted by Crippen LogP contribution is 2.46. The van der Waals surface area contributed by atoms with Gasteiger partial charge in [-0.15, -0.1) is 0 Å². The summed E-state index contributed by atoms with van der Waals surface area (Å²) in [5, 5.41) is 2.52. The number of methoxy groups -OCH3 is 2. The van der Waals surface area contributed by atoms with Gasteiger partial charge in [-0.3, -0.25) is 0 Å². The Balaban J connectivity index is 1.75. The molecule has 9 heteroatoms. The van der Waals surface area contributed by atoms with Gasteiger partial charge in [-0.1, -0.05) is 102 Å². The number of aromatic nitrogens is 4. The molecule has 6 nitrogen and oxygen atoms in total. The lowest BCUT2D eigenvalue weighted by Gasteiger charge is -2.38. The highest BCUT2D eigenvalue weighted by molar-refractivity contribution is 9.10. The Labute approximate surface area is 266 Å². The number of para-hydroxylation sites is 1. The number of halogens is 1. The van der Waals surface area contributed by atoms with Gasteiger partial charge in [-0.25, -0.2) is 9.97 Å². The monoisotopic (exact) mass is 676 g/mol. The zero-order valence-electron chi connectivity index (χ0n) is 27.7. The van der Waals surface area contributed by atoms with Crippen LogP contribution in [-0.4, -0.2) is 49.1 Å². The van der Waals surface area contributed by atoms with Crippen molar-refractivity contribution in [2.75, 3.05) is 14.2 Å². The predicted octanol–water partition coefficient (Wildman–Crippen LogP) is 10.2. The zero-order valence-corrected chi connectivity index (χ0v) is 31.3. The largest absolute Gasteiger partial charge is 0.495 e. The SMILES string of the molecule is COc1nc(-c2cn([Si](C)(C)C(C)(C)C)c3c(OC)cccc23)cnc1-c1cn([Si](C)(C)C(C)(C)C)c2cc(Br)ccc12. The molecule has 43 heavy (non-hydrogen) atoms. The molecule has 5 aromatic rings. The van der Waals surface area contributed by atoms with Crippen LogP contribution in [0, 0.1) is 0 Å². The van der Waals surface area contributed by atoms with Gasteiger partial charge in [-0.2, -0.15) is 0 Å². The Hall–Kier alpha value is -2.89. The fraction of sp³-hybridized carbons (Fsp3) is 0.412. The van der Waals surface area contributed by atoms with Crippen LogP contribution in [0.1, 0.15) is 41.5 Å². The second-order valence-electron chi connectivity index (χ2n) is 14.6. The molecule has 5 rings (SSSR count). The van der Waals surface area contributed by atoms with E-state index in [0.29, 0.717) is 5.88 Å². The Morgan fingerprint density at radius 3 is 2.00 bits per heavy atom. The lowest BCUT2D eigenvalue weighted by Crippen LogP contribution is -2.45. The first kappa shape index (κ1) is 31.5. The molecule has 0 aliphatic heterocycles. The van der Waals surface area contributed by atoms with Crippen molar-refractivity contribution in [3.63, 3.8) is 0 Å². The quantitative estimate of drug-likeness (QED) is 0.168. The standard InChI is InChI=1S/C34H45BrN4O2Si2/c1-33(2,3)42(9,10)38-21-26(23-17-16-22(35)18-28(23)38)30-32(41-8)37-27(19-36-30)25-20-39(43(11,12)34(4,5)6)31-24(25)14-13-15-29(31)40-7/h13-21H,1-12H3. The van der Waals surface area contributed by atoms with Crippen LogP contribution >= 0.6 is 15.9 Å². The minimum Gasteiger partial charge on any atom is -0.495 e. The van der Waals surface area contributed by atoms with E-state index in [-0.39, 0.29) is 10.1 Å². The van der Waals surface area contributed by atoms with Gasteiger partial charge in [0.1, 0.15) is 11.4 Å². The molecule has 0 aliphatic rings. The zero-order chi connectivity index (χ0) is 31.7. The Morgan fingerprint density at radius 2 is 1.40 bits per heavy atom. The van der Waals surface area contributed by atoms with E-state index in [0.717, 1.165) is 49.0 Å². The van der Waals surface area contributed by atoms with Gasteiger partial charge in [0.15, 0.2) is 16.5 Å². The van der Waals surface area contributed by atoms with E-state index in [1.807, 2.05) is 18.3 Å². The number of hydrogen-bond donors (Lipinski definition) is 0. The van der Waals surface area contributed by atoms with Crippen molar-refractivity contribution in [3.05, 3.63) is 59.5 Å². The first-order valence-electron chi connectivity index (χ1n) is 14.9. The van der Waals surface area contributed by atoms with Crippen molar-refractivity contribution in [1.82, 2.24) is 18.4 Å². The van der Waals surface area contributed by atoms with E-state index in [1.54, 1.807) is 14.2 Å². The fourth-order valence-corrected chi connectivity index (χ4v) is 9.74. The molecule has 0 aliphatic carbocycles. The van der Waals surface area contributed by atoms with Crippen LogP contribution < -0.4 is 9.47 Å². The van der Waals surface area contributed by atoms with Crippen LogP contribution in [0.25, 0.3) is 44.3 Å². The van der Waals surface area contributed by atoms with E-state index in [2.05, 4.69) is 129 Å². The normalized spacial score (nSPS) is 13.2. The number of ether oxygens (including phenoxy) is 2. The van der Waals surface area contributed by atoms with Crippen LogP contribution in [0.3, 0.4) is 0 Å². The molecule has 0 spiro atoms. The molecule has 0 N–H and O–H groups in total. The van der Waals surface area contributed by atoms with Crippen molar-refractivity contribution in [2.24, 2.45) is 0 Å².